The van der Waals surface area contributed by atoms with Gasteiger partial charge in [-0.1, -0.05) is 0 Å². The lowest BCUT2D eigenvalue weighted by molar-refractivity contribution is -0.185. The van der Waals surface area contributed by atoms with Crippen molar-refractivity contribution >= 4 is 23.9 Å². The van der Waals surface area contributed by atoms with Crippen LogP contribution in [-0.2, 0) is 42.9 Å². The monoisotopic (exact) mass is 373 g/mol. The van der Waals surface area contributed by atoms with Gasteiger partial charge >= 0.3 is 23.9 Å². The molecule has 2 N–H and O–H groups in total. The Hall–Kier alpha value is -2.62. The van der Waals surface area contributed by atoms with Gasteiger partial charge in [0.1, 0.15) is 12.7 Å². The van der Waals surface area contributed by atoms with E-state index >= 15 is 0 Å². The minimum atomic E-state index is -1.16. The Bertz CT molecular complexity index is 586. The molecule has 1 aliphatic rings. The predicted octanol–water partition coefficient (Wildman–Crippen LogP) is -0.414. The van der Waals surface area contributed by atoms with Gasteiger partial charge in [-0.3, -0.25) is 14.4 Å². The van der Waals surface area contributed by atoms with Crippen LogP contribution < -0.4 is 5.73 Å². The summed E-state index contributed by atoms with van der Waals surface area (Å²) < 4.78 is 25.4. The second-order valence-corrected chi connectivity index (χ2v) is 5.60. The number of methoxy groups -OCH3 is 1. The zero-order chi connectivity index (χ0) is 19.9. The van der Waals surface area contributed by atoms with Crippen LogP contribution in [0.3, 0.4) is 0 Å². The summed E-state index contributed by atoms with van der Waals surface area (Å²) in [5.41, 5.74) is 5.90. The van der Waals surface area contributed by atoms with Crippen LogP contribution in [0.2, 0.25) is 0 Å². The number of rotatable bonds is 7. The topological polar surface area (TPSA) is 140 Å². The minimum Gasteiger partial charge on any atom is -0.479 e. The molecule has 1 rings (SSSR count). The van der Waals surface area contributed by atoms with Crippen molar-refractivity contribution in [2.24, 2.45) is 5.73 Å². The summed E-state index contributed by atoms with van der Waals surface area (Å²) in [6.45, 7) is 3.12. The molecule has 10 nitrogen and oxygen atoms in total. The van der Waals surface area contributed by atoms with E-state index in [0.29, 0.717) is 0 Å². The van der Waals surface area contributed by atoms with Crippen LogP contribution in [0.1, 0.15) is 27.2 Å². The molecular weight excluding hydrogens is 350 g/mol. The summed E-state index contributed by atoms with van der Waals surface area (Å²) >= 11 is 0. The fourth-order valence-electron chi connectivity index (χ4n) is 2.39. The lowest BCUT2D eigenvalue weighted by atomic mass is 9.98. The highest BCUT2D eigenvalue weighted by molar-refractivity contribution is 5.86. The van der Waals surface area contributed by atoms with E-state index in [2.05, 4.69) is 4.74 Å². The van der Waals surface area contributed by atoms with Crippen molar-refractivity contribution < 1.29 is 42.9 Å². The van der Waals surface area contributed by atoms with Gasteiger partial charge in [-0.15, -0.1) is 0 Å². The lowest BCUT2D eigenvalue weighted by Crippen LogP contribution is -2.50. The van der Waals surface area contributed by atoms with E-state index in [-0.39, 0.29) is 18.8 Å². The summed E-state index contributed by atoms with van der Waals surface area (Å²) in [6.07, 6.45) is -1.69. The molecule has 0 saturated heterocycles. The van der Waals surface area contributed by atoms with E-state index in [4.69, 9.17) is 24.7 Å². The molecule has 0 saturated carbocycles. The lowest BCUT2D eigenvalue weighted by Gasteiger charge is -2.35. The van der Waals surface area contributed by atoms with E-state index in [1.807, 2.05) is 0 Å². The Labute approximate surface area is 150 Å². The highest BCUT2D eigenvalue weighted by Gasteiger charge is 2.40. The number of ether oxygens (including phenoxy) is 5. The Kier molecular flexibility index (Phi) is 8.04. The van der Waals surface area contributed by atoms with Crippen LogP contribution in [0.5, 0.6) is 0 Å². The predicted molar refractivity (Wildman–Crippen MR) is 85.3 cm³/mol. The summed E-state index contributed by atoms with van der Waals surface area (Å²) in [5, 5.41) is 0. The number of carbonyl (C=O) groups is 4. The summed E-state index contributed by atoms with van der Waals surface area (Å²) in [7, 11) is 1.17. The van der Waals surface area contributed by atoms with Crippen molar-refractivity contribution in [3.63, 3.8) is 0 Å². The normalized spacial score (nSPS) is 21.3. The average molecular weight is 373 g/mol. The molecule has 0 unspecified atom stereocenters. The number of carbonyl (C=O) groups excluding carboxylic acids is 4. The van der Waals surface area contributed by atoms with Crippen molar-refractivity contribution in [1.82, 2.24) is 0 Å². The Morgan fingerprint density at radius 2 is 1.77 bits per heavy atom. The van der Waals surface area contributed by atoms with Gasteiger partial charge in [0.25, 0.3) is 0 Å². The molecule has 0 amide bonds. The van der Waals surface area contributed by atoms with E-state index in [1.54, 1.807) is 0 Å². The van der Waals surface area contributed by atoms with Crippen molar-refractivity contribution in [2.75, 3.05) is 13.7 Å². The zero-order valence-electron chi connectivity index (χ0n) is 15.1. The molecular formula is C16H23NO9. The maximum Gasteiger partial charge on any atom is 0.373 e. The highest BCUT2D eigenvalue weighted by atomic mass is 16.6. The first-order valence-electron chi connectivity index (χ1n) is 7.84. The summed E-state index contributed by atoms with van der Waals surface area (Å²) in [4.78, 5) is 45.7. The molecule has 26 heavy (non-hydrogen) atoms. The average Bonchev–Trinajstić information content (AvgIpc) is 2.54. The summed E-state index contributed by atoms with van der Waals surface area (Å²) in [6, 6.07) is -0.590. The van der Waals surface area contributed by atoms with Gasteiger partial charge in [-0.2, -0.15) is 0 Å². The largest absolute Gasteiger partial charge is 0.479 e. The fourth-order valence-corrected chi connectivity index (χ4v) is 2.39. The van der Waals surface area contributed by atoms with E-state index in [9.17, 15) is 19.2 Å². The van der Waals surface area contributed by atoms with Crippen LogP contribution in [0, 0.1) is 0 Å². The number of hydrogen-bond acceptors (Lipinski definition) is 10. The van der Waals surface area contributed by atoms with Crippen LogP contribution in [0.4, 0.5) is 0 Å². The van der Waals surface area contributed by atoms with Gasteiger partial charge in [0.15, 0.2) is 12.2 Å². The number of hydrogen-bond donors (Lipinski definition) is 1. The smallest absolute Gasteiger partial charge is 0.373 e. The molecule has 0 aliphatic carbocycles. The molecule has 0 aromatic heterocycles. The molecule has 0 bridgehead atoms. The van der Waals surface area contributed by atoms with Gasteiger partial charge < -0.3 is 29.4 Å². The van der Waals surface area contributed by atoms with Crippen LogP contribution >= 0.6 is 0 Å². The molecule has 4 atom stereocenters. The van der Waals surface area contributed by atoms with Crippen molar-refractivity contribution in [3.05, 3.63) is 11.8 Å². The van der Waals surface area contributed by atoms with Crippen molar-refractivity contribution in [3.8, 4) is 0 Å². The van der Waals surface area contributed by atoms with E-state index in [1.165, 1.54) is 20.1 Å². The van der Waals surface area contributed by atoms with Gasteiger partial charge in [-0.25, -0.2) is 4.79 Å². The molecule has 1 heterocycles. The number of nitrogens with two attached hydrogens (primary N) is 1. The van der Waals surface area contributed by atoms with Gasteiger partial charge in [0.2, 0.25) is 5.76 Å². The van der Waals surface area contributed by atoms with Crippen LogP contribution in [-0.4, -0.2) is 61.9 Å². The van der Waals surface area contributed by atoms with Crippen LogP contribution in [0.15, 0.2) is 11.8 Å². The van der Waals surface area contributed by atoms with Gasteiger partial charge in [-0.05, 0) is 6.08 Å². The fraction of sp³-hybridized carbons (Fsp3) is 0.625. The Balaban J connectivity index is 3.09. The first-order valence-corrected chi connectivity index (χ1v) is 7.84. The zero-order valence-corrected chi connectivity index (χ0v) is 15.1. The summed E-state index contributed by atoms with van der Waals surface area (Å²) in [5.74, 6) is -2.87. The van der Waals surface area contributed by atoms with Crippen molar-refractivity contribution in [1.29, 1.82) is 0 Å². The SMILES string of the molecule is COC(=O)C1=C[C@H](N)C[C@H]([C@H](OC(C)=O)[C@@H](COC(C)=O)OC(C)=O)O1. The standard InChI is InChI=1S/C16H23NO9/c1-8(18)23-7-14(24-9(2)19)15(25-10(3)20)12-5-11(17)6-13(26-12)16(21)22-4/h6,11-12,14-15H,5,7,17H2,1-4H3/t11-,12-,14-,15+/m1/s1. The van der Waals surface area contributed by atoms with Gasteiger partial charge in [0.05, 0.1) is 7.11 Å². The number of esters is 4. The highest BCUT2D eigenvalue weighted by Crippen LogP contribution is 2.25. The molecule has 0 fully saturated rings. The maximum absolute atomic E-state index is 11.7. The second-order valence-electron chi connectivity index (χ2n) is 5.60. The van der Waals surface area contributed by atoms with Crippen LogP contribution in [0.25, 0.3) is 0 Å². The molecule has 1 aliphatic heterocycles. The molecule has 146 valence electrons. The van der Waals surface area contributed by atoms with E-state index in [0.717, 1.165) is 13.8 Å². The third-order valence-electron chi connectivity index (χ3n) is 3.34. The van der Waals surface area contributed by atoms with Gasteiger partial charge in [0, 0.05) is 33.2 Å². The Morgan fingerprint density at radius 3 is 2.27 bits per heavy atom. The molecule has 0 radical (unpaired) electrons. The Morgan fingerprint density at radius 1 is 1.15 bits per heavy atom. The quantitative estimate of drug-likeness (QED) is 0.462. The molecule has 0 spiro atoms. The third kappa shape index (κ3) is 6.71. The first-order chi connectivity index (χ1) is 12.1. The minimum absolute atomic E-state index is 0.150. The molecule has 0 aromatic rings. The van der Waals surface area contributed by atoms with Crippen molar-refractivity contribution in [2.45, 2.75) is 51.5 Å². The molecule has 0 aromatic carbocycles. The molecule has 10 heteroatoms. The van der Waals surface area contributed by atoms with E-state index < -0.39 is 48.2 Å². The first kappa shape index (κ1) is 21.4. The maximum atomic E-state index is 11.7. The second kappa shape index (κ2) is 9.76. The third-order valence-corrected chi connectivity index (χ3v) is 3.34.